The lowest BCUT2D eigenvalue weighted by Crippen LogP contribution is -2.27. The maximum Gasteiger partial charge on any atom is 0.326 e. The standard InChI is InChI=1S/C10H13NO2/c1-7-4-10(6-11,5-8(7)2)9(12)13-3/h8H,1,4-5H2,2-3H3. The number of carbonyl (C=O) groups is 1. The summed E-state index contributed by atoms with van der Waals surface area (Å²) in [6, 6.07) is 2.05. The first-order valence-corrected chi connectivity index (χ1v) is 4.23. The molecule has 0 radical (unpaired) electrons. The first kappa shape index (κ1) is 9.79. The van der Waals surface area contributed by atoms with Crippen molar-refractivity contribution >= 4 is 5.97 Å². The minimum atomic E-state index is -0.967. The first-order valence-electron chi connectivity index (χ1n) is 4.23. The van der Waals surface area contributed by atoms with Crippen molar-refractivity contribution in [3.63, 3.8) is 0 Å². The number of allylic oxidation sites excluding steroid dienone is 1. The zero-order valence-electron chi connectivity index (χ0n) is 7.96. The summed E-state index contributed by atoms with van der Waals surface area (Å²) in [7, 11) is 1.31. The monoisotopic (exact) mass is 179 g/mol. The van der Waals surface area contributed by atoms with Crippen LogP contribution in [-0.2, 0) is 9.53 Å². The highest BCUT2D eigenvalue weighted by molar-refractivity contribution is 5.81. The van der Waals surface area contributed by atoms with Crippen LogP contribution in [0.3, 0.4) is 0 Å². The second-order valence-corrected chi connectivity index (χ2v) is 3.63. The maximum absolute atomic E-state index is 11.4. The zero-order chi connectivity index (χ0) is 10.1. The molecule has 3 nitrogen and oxygen atoms in total. The van der Waals surface area contributed by atoms with Gasteiger partial charge in [0.25, 0.3) is 0 Å². The lowest BCUT2D eigenvalue weighted by Gasteiger charge is -2.16. The number of carbonyl (C=O) groups excluding carboxylic acids is 1. The third kappa shape index (κ3) is 1.44. The summed E-state index contributed by atoms with van der Waals surface area (Å²) in [5.41, 5.74) is -0.00225. The van der Waals surface area contributed by atoms with Crippen molar-refractivity contribution in [3.8, 4) is 6.07 Å². The number of ether oxygens (including phenoxy) is 1. The second-order valence-electron chi connectivity index (χ2n) is 3.63. The van der Waals surface area contributed by atoms with Crippen LogP contribution in [0.5, 0.6) is 0 Å². The summed E-state index contributed by atoms with van der Waals surface area (Å²) in [5.74, 6) is -0.195. The minimum absolute atomic E-state index is 0.235. The van der Waals surface area contributed by atoms with Gasteiger partial charge < -0.3 is 4.74 Å². The summed E-state index contributed by atoms with van der Waals surface area (Å²) in [5, 5.41) is 8.96. The molecule has 0 aliphatic heterocycles. The van der Waals surface area contributed by atoms with Gasteiger partial charge >= 0.3 is 5.97 Å². The average molecular weight is 179 g/mol. The van der Waals surface area contributed by atoms with Gasteiger partial charge in [0.1, 0.15) is 0 Å². The van der Waals surface area contributed by atoms with E-state index >= 15 is 0 Å². The predicted octanol–water partition coefficient (Wildman–Crippen LogP) is 1.66. The van der Waals surface area contributed by atoms with E-state index in [1.165, 1.54) is 7.11 Å². The molecule has 0 bridgehead atoms. The Labute approximate surface area is 78.0 Å². The Morgan fingerprint density at radius 3 is 2.77 bits per heavy atom. The van der Waals surface area contributed by atoms with Crippen molar-refractivity contribution in [1.29, 1.82) is 5.26 Å². The zero-order valence-corrected chi connectivity index (χ0v) is 7.96. The molecule has 0 heterocycles. The first-order chi connectivity index (χ1) is 6.05. The van der Waals surface area contributed by atoms with E-state index < -0.39 is 11.4 Å². The molecule has 1 aliphatic rings. The summed E-state index contributed by atoms with van der Waals surface area (Å²) in [4.78, 5) is 11.4. The molecule has 0 aromatic carbocycles. The molecular weight excluding hydrogens is 166 g/mol. The molecule has 1 rings (SSSR count). The van der Waals surface area contributed by atoms with E-state index in [1.807, 2.05) is 6.92 Å². The van der Waals surface area contributed by atoms with Crippen LogP contribution >= 0.6 is 0 Å². The van der Waals surface area contributed by atoms with Crippen molar-refractivity contribution in [2.75, 3.05) is 7.11 Å². The number of esters is 1. The summed E-state index contributed by atoms with van der Waals surface area (Å²) >= 11 is 0. The molecule has 0 saturated heterocycles. The molecule has 0 N–H and O–H groups in total. The summed E-state index contributed by atoms with van der Waals surface area (Å²) < 4.78 is 4.62. The van der Waals surface area contributed by atoms with Crippen LogP contribution in [0.15, 0.2) is 12.2 Å². The molecule has 1 saturated carbocycles. The molecule has 0 aromatic heterocycles. The van der Waals surface area contributed by atoms with E-state index in [0.29, 0.717) is 12.8 Å². The maximum atomic E-state index is 11.4. The molecule has 0 amide bonds. The van der Waals surface area contributed by atoms with Crippen LogP contribution in [0.1, 0.15) is 19.8 Å². The van der Waals surface area contributed by atoms with Gasteiger partial charge in [-0.15, -0.1) is 0 Å². The van der Waals surface area contributed by atoms with E-state index in [4.69, 9.17) is 5.26 Å². The average Bonchev–Trinajstić information content (AvgIpc) is 2.42. The lowest BCUT2D eigenvalue weighted by molar-refractivity contribution is -0.149. The Bertz CT molecular complexity index is 290. The molecule has 2 unspecified atom stereocenters. The molecule has 2 atom stereocenters. The molecular formula is C10H13NO2. The number of hydrogen-bond donors (Lipinski definition) is 0. The molecule has 13 heavy (non-hydrogen) atoms. The molecule has 70 valence electrons. The van der Waals surface area contributed by atoms with Crippen molar-refractivity contribution in [1.82, 2.24) is 0 Å². The van der Waals surface area contributed by atoms with Gasteiger partial charge in [0.15, 0.2) is 5.41 Å². The third-order valence-electron chi connectivity index (χ3n) is 2.67. The van der Waals surface area contributed by atoms with Gasteiger partial charge in [-0.05, 0) is 18.8 Å². The molecule has 1 fully saturated rings. The third-order valence-corrected chi connectivity index (χ3v) is 2.67. The Hall–Kier alpha value is -1.30. The van der Waals surface area contributed by atoms with E-state index in [0.717, 1.165) is 5.57 Å². The Balaban J connectivity index is 2.93. The van der Waals surface area contributed by atoms with Crippen LogP contribution in [0.4, 0.5) is 0 Å². The summed E-state index contributed by atoms with van der Waals surface area (Å²) in [6.07, 6.45) is 0.979. The predicted molar refractivity (Wildman–Crippen MR) is 47.6 cm³/mol. The van der Waals surface area contributed by atoms with Gasteiger partial charge in [0.05, 0.1) is 13.2 Å². The number of rotatable bonds is 1. The van der Waals surface area contributed by atoms with E-state index in [-0.39, 0.29) is 5.92 Å². The number of methoxy groups -OCH3 is 1. The van der Waals surface area contributed by atoms with Crippen LogP contribution in [0.25, 0.3) is 0 Å². The molecule has 0 spiro atoms. The molecule has 1 aliphatic carbocycles. The SMILES string of the molecule is C=C1CC(C#N)(C(=O)OC)CC1C. The molecule has 0 aromatic rings. The number of nitriles is 1. The van der Waals surface area contributed by atoms with Gasteiger partial charge in [0.2, 0.25) is 0 Å². The van der Waals surface area contributed by atoms with E-state index in [1.54, 1.807) is 0 Å². The summed E-state index contributed by atoms with van der Waals surface area (Å²) in [6.45, 7) is 5.81. The highest BCUT2D eigenvalue weighted by atomic mass is 16.5. The van der Waals surface area contributed by atoms with Crippen molar-refractivity contribution in [2.45, 2.75) is 19.8 Å². The van der Waals surface area contributed by atoms with Gasteiger partial charge in [-0.3, -0.25) is 4.79 Å². The number of hydrogen-bond acceptors (Lipinski definition) is 3. The quantitative estimate of drug-likeness (QED) is 0.454. The van der Waals surface area contributed by atoms with E-state index in [2.05, 4.69) is 17.4 Å². The number of nitrogens with zero attached hydrogens (tertiary/aromatic N) is 1. The largest absolute Gasteiger partial charge is 0.468 e. The van der Waals surface area contributed by atoms with Gasteiger partial charge in [-0.25, -0.2) is 0 Å². The Morgan fingerprint density at radius 1 is 1.85 bits per heavy atom. The van der Waals surface area contributed by atoms with E-state index in [9.17, 15) is 4.79 Å². The van der Waals surface area contributed by atoms with Crippen molar-refractivity contribution in [2.24, 2.45) is 11.3 Å². The van der Waals surface area contributed by atoms with Crippen molar-refractivity contribution in [3.05, 3.63) is 12.2 Å². The molecule has 3 heteroatoms. The normalized spacial score (nSPS) is 32.7. The van der Waals surface area contributed by atoms with Gasteiger partial charge in [-0.1, -0.05) is 19.1 Å². The Morgan fingerprint density at radius 2 is 2.46 bits per heavy atom. The fourth-order valence-electron chi connectivity index (χ4n) is 1.78. The van der Waals surface area contributed by atoms with Gasteiger partial charge in [0, 0.05) is 0 Å². The van der Waals surface area contributed by atoms with Crippen LogP contribution in [0, 0.1) is 22.7 Å². The Kier molecular flexibility index (Phi) is 2.42. The van der Waals surface area contributed by atoms with Crippen LogP contribution < -0.4 is 0 Å². The van der Waals surface area contributed by atoms with Gasteiger partial charge in [-0.2, -0.15) is 5.26 Å². The highest BCUT2D eigenvalue weighted by Crippen LogP contribution is 2.44. The van der Waals surface area contributed by atoms with Crippen LogP contribution in [0.2, 0.25) is 0 Å². The topological polar surface area (TPSA) is 50.1 Å². The minimum Gasteiger partial charge on any atom is -0.468 e. The lowest BCUT2D eigenvalue weighted by atomic mass is 9.87. The fourth-order valence-corrected chi connectivity index (χ4v) is 1.78. The smallest absolute Gasteiger partial charge is 0.326 e. The fraction of sp³-hybridized carbons (Fsp3) is 0.600. The second kappa shape index (κ2) is 3.21. The van der Waals surface area contributed by atoms with Crippen molar-refractivity contribution < 1.29 is 9.53 Å². The highest BCUT2D eigenvalue weighted by Gasteiger charge is 2.47. The van der Waals surface area contributed by atoms with Crippen LogP contribution in [-0.4, -0.2) is 13.1 Å².